The van der Waals surface area contributed by atoms with Gasteiger partial charge in [-0.3, -0.25) is 0 Å². The van der Waals surface area contributed by atoms with E-state index in [1.54, 1.807) is 23.7 Å². The van der Waals surface area contributed by atoms with E-state index in [1.165, 1.54) is 22.8 Å². The molecule has 2 aromatic rings. The molecule has 6 nitrogen and oxygen atoms in total. The van der Waals surface area contributed by atoms with Crippen LogP contribution < -0.4 is 4.74 Å². The van der Waals surface area contributed by atoms with Gasteiger partial charge in [0.05, 0.1) is 20.3 Å². The molecular weight excluding hydrogens is 336 g/mol. The second-order valence-electron chi connectivity index (χ2n) is 5.08. The normalized spacial score (nSPS) is 11.9. The molecule has 23 heavy (non-hydrogen) atoms. The standard InChI is InChI=1S/C15H20N2O4S2/c1-11-8-13(21-3)14(9-12(11)2)23(19,20)17(5-6-18)10-15-16-4-7-22-15/h4,7-9,18H,5-6,10H2,1-3H3. The zero-order chi connectivity index (χ0) is 17.0. The predicted octanol–water partition coefficient (Wildman–Crippen LogP) is 1.95. The Balaban J connectivity index is 2.47. The van der Waals surface area contributed by atoms with Crippen LogP contribution in [0.1, 0.15) is 16.1 Å². The number of hydrogen-bond acceptors (Lipinski definition) is 6. The Morgan fingerprint density at radius 3 is 2.57 bits per heavy atom. The lowest BCUT2D eigenvalue weighted by atomic mass is 10.1. The fourth-order valence-electron chi connectivity index (χ4n) is 2.14. The molecule has 0 aliphatic carbocycles. The van der Waals surface area contributed by atoms with Gasteiger partial charge < -0.3 is 9.84 Å². The van der Waals surface area contributed by atoms with E-state index in [9.17, 15) is 13.5 Å². The molecule has 126 valence electrons. The molecule has 0 amide bonds. The van der Waals surface area contributed by atoms with Crippen molar-refractivity contribution in [2.24, 2.45) is 0 Å². The van der Waals surface area contributed by atoms with E-state index in [1.807, 2.05) is 13.8 Å². The van der Waals surface area contributed by atoms with Crippen LogP contribution in [0.25, 0.3) is 0 Å². The highest BCUT2D eigenvalue weighted by Gasteiger charge is 2.28. The van der Waals surface area contributed by atoms with E-state index >= 15 is 0 Å². The Hall–Kier alpha value is -1.48. The topological polar surface area (TPSA) is 79.7 Å². The molecular formula is C15H20N2O4S2. The number of sulfonamides is 1. The van der Waals surface area contributed by atoms with Crippen LogP contribution in [0.15, 0.2) is 28.6 Å². The van der Waals surface area contributed by atoms with Crippen LogP contribution in [-0.4, -0.2) is 43.1 Å². The van der Waals surface area contributed by atoms with Crippen LogP contribution in [0.4, 0.5) is 0 Å². The third-order valence-corrected chi connectivity index (χ3v) is 6.17. The second-order valence-corrected chi connectivity index (χ2v) is 7.96. The molecule has 0 radical (unpaired) electrons. The molecule has 1 heterocycles. The first kappa shape index (κ1) is 17.9. The highest BCUT2D eigenvalue weighted by Crippen LogP contribution is 2.30. The summed E-state index contributed by atoms with van der Waals surface area (Å²) in [4.78, 5) is 4.22. The number of hydrogen-bond donors (Lipinski definition) is 1. The van der Waals surface area contributed by atoms with E-state index in [4.69, 9.17) is 4.74 Å². The number of methoxy groups -OCH3 is 1. The van der Waals surface area contributed by atoms with Gasteiger partial charge in [-0.05, 0) is 37.1 Å². The molecule has 0 bridgehead atoms. The van der Waals surface area contributed by atoms with Gasteiger partial charge in [-0.15, -0.1) is 11.3 Å². The van der Waals surface area contributed by atoms with Crippen molar-refractivity contribution in [2.75, 3.05) is 20.3 Å². The van der Waals surface area contributed by atoms with Crippen molar-refractivity contribution in [2.45, 2.75) is 25.3 Å². The summed E-state index contributed by atoms with van der Waals surface area (Å²) in [5.74, 6) is 0.301. The number of aliphatic hydroxyl groups is 1. The number of rotatable bonds is 7. The molecule has 0 spiro atoms. The van der Waals surface area contributed by atoms with Crippen molar-refractivity contribution >= 4 is 21.4 Å². The second kappa shape index (κ2) is 7.39. The van der Waals surface area contributed by atoms with Crippen molar-refractivity contribution in [3.63, 3.8) is 0 Å². The molecule has 1 aromatic carbocycles. The van der Waals surface area contributed by atoms with Gasteiger partial charge in [0.2, 0.25) is 10.0 Å². The van der Waals surface area contributed by atoms with E-state index in [2.05, 4.69) is 4.98 Å². The maximum Gasteiger partial charge on any atom is 0.247 e. The number of aliphatic hydroxyl groups excluding tert-OH is 1. The maximum absolute atomic E-state index is 13.0. The number of thiazole rings is 1. The van der Waals surface area contributed by atoms with Crippen molar-refractivity contribution in [1.82, 2.24) is 9.29 Å². The third-order valence-electron chi connectivity index (χ3n) is 3.54. The average Bonchev–Trinajstić information content (AvgIpc) is 3.02. The van der Waals surface area contributed by atoms with Crippen LogP contribution in [0.3, 0.4) is 0 Å². The van der Waals surface area contributed by atoms with Crippen LogP contribution >= 0.6 is 11.3 Å². The molecule has 1 N–H and O–H groups in total. The zero-order valence-electron chi connectivity index (χ0n) is 13.3. The van der Waals surface area contributed by atoms with Crippen LogP contribution in [0.2, 0.25) is 0 Å². The summed E-state index contributed by atoms with van der Waals surface area (Å²) < 4.78 is 32.5. The largest absolute Gasteiger partial charge is 0.495 e. The Labute approximate surface area is 140 Å². The molecule has 0 aliphatic rings. The first-order chi connectivity index (χ1) is 10.9. The van der Waals surface area contributed by atoms with E-state index < -0.39 is 10.0 Å². The number of ether oxygens (including phenoxy) is 1. The Kier molecular flexibility index (Phi) is 5.74. The smallest absolute Gasteiger partial charge is 0.247 e. The summed E-state index contributed by atoms with van der Waals surface area (Å²) in [6.07, 6.45) is 1.63. The molecule has 0 unspecified atom stereocenters. The number of benzene rings is 1. The molecule has 0 saturated heterocycles. The minimum Gasteiger partial charge on any atom is -0.495 e. The molecule has 0 aliphatic heterocycles. The Bertz CT molecular complexity index is 758. The van der Waals surface area contributed by atoms with E-state index in [-0.39, 0.29) is 24.6 Å². The van der Waals surface area contributed by atoms with Crippen LogP contribution in [0.5, 0.6) is 5.75 Å². The molecule has 0 atom stereocenters. The predicted molar refractivity (Wildman–Crippen MR) is 89.3 cm³/mol. The molecule has 0 saturated carbocycles. The van der Waals surface area contributed by atoms with Gasteiger partial charge in [-0.1, -0.05) is 0 Å². The molecule has 1 aromatic heterocycles. The first-order valence-electron chi connectivity index (χ1n) is 7.04. The molecule has 8 heteroatoms. The fraction of sp³-hybridized carbons (Fsp3) is 0.400. The quantitative estimate of drug-likeness (QED) is 0.820. The molecule has 2 rings (SSSR count). The lowest BCUT2D eigenvalue weighted by Gasteiger charge is -2.22. The maximum atomic E-state index is 13.0. The summed E-state index contributed by atoms with van der Waals surface area (Å²) in [7, 11) is -2.36. The minimum atomic E-state index is -3.81. The van der Waals surface area contributed by atoms with E-state index in [0.29, 0.717) is 10.8 Å². The minimum absolute atomic E-state index is 0.00199. The monoisotopic (exact) mass is 356 g/mol. The van der Waals surface area contributed by atoms with Gasteiger partial charge in [0.1, 0.15) is 15.7 Å². The number of nitrogens with zero attached hydrogens (tertiary/aromatic N) is 2. The van der Waals surface area contributed by atoms with Gasteiger partial charge >= 0.3 is 0 Å². The first-order valence-corrected chi connectivity index (χ1v) is 9.36. The summed E-state index contributed by atoms with van der Waals surface area (Å²) in [6.45, 7) is 3.60. The SMILES string of the molecule is COc1cc(C)c(C)cc1S(=O)(=O)N(CCO)Cc1nccs1. The van der Waals surface area contributed by atoms with Crippen molar-refractivity contribution in [1.29, 1.82) is 0 Å². The highest BCUT2D eigenvalue weighted by atomic mass is 32.2. The lowest BCUT2D eigenvalue weighted by molar-refractivity contribution is 0.250. The van der Waals surface area contributed by atoms with E-state index in [0.717, 1.165) is 11.1 Å². The summed E-state index contributed by atoms with van der Waals surface area (Å²) in [6, 6.07) is 3.32. The number of aryl methyl sites for hydroxylation is 2. The van der Waals surface area contributed by atoms with Crippen molar-refractivity contribution in [3.8, 4) is 5.75 Å². The van der Waals surface area contributed by atoms with Gasteiger partial charge in [0.25, 0.3) is 0 Å². The van der Waals surface area contributed by atoms with Crippen molar-refractivity contribution in [3.05, 3.63) is 39.8 Å². The van der Waals surface area contributed by atoms with Crippen LogP contribution in [-0.2, 0) is 16.6 Å². The lowest BCUT2D eigenvalue weighted by Crippen LogP contribution is -2.33. The molecule has 0 fully saturated rings. The Morgan fingerprint density at radius 2 is 2.00 bits per heavy atom. The number of aromatic nitrogens is 1. The van der Waals surface area contributed by atoms with Gasteiger partial charge in [-0.25, -0.2) is 13.4 Å². The summed E-state index contributed by atoms with van der Waals surface area (Å²) >= 11 is 1.37. The van der Waals surface area contributed by atoms with Gasteiger partial charge in [-0.2, -0.15) is 4.31 Å². The summed E-state index contributed by atoms with van der Waals surface area (Å²) in [5.41, 5.74) is 1.82. The third kappa shape index (κ3) is 3.89. The van der Waals surface area contributed by atoms with Crippen LogP contribution in [0, 0.1) is 13.8 Å². The zero-order valence-corrected chi connectivity index (χ0v) is 14.9. The highest BCUT2D eigenvalue weighted by molar-refractivity contribution is 7.89. The average molecular weight is 356 g/mol. The van der Waals surface area contributed by atoms with Crippen molar-refractivity contribution < 1.29 is 18.3 Å². The Morgan fingerprint density at radius 1 is 1.30 bits per heavy atom. The van der Waals surface area contributed by atoms with Gasteiger partial charge in [0.15, 0.2) is 0 Å². The summed E-state index contributed by atoms with van der Waals surface area (Å²) in [5, 5.41) is 11.7. The fourth-order valence-corrected chi connectivity index (χ4v) is 4.47. The van der Waals surface area contributed by atoms with Gasteiger partial charge in [0, 0.05) is 18.1 Å².